The summed E-state index contributed by atoms with van der Waals surface area (Å²) in [6.07, 6.45) is 4.84. The van der Waals surface area contributed by atoms with Gasteiger partial charge in [-0.05, 0) is 49.3 Å². The van der Waals surface area contributed by atoms with E-state index in [1.54, 1.807) is 23.9 Å². The Bertz CT molecular complexity index is 553. The molecule has 0 unspecified atom stereocenters. The largest absolute Gasteiger partial charge is 0.484 e. The van der Waals surface area contributed by atoms with Gasteiger partial charge in [-0.1, -0.05) is 25.1 Å². The number of hydrogen-bond donors (Lipinski definition) is 1. The lowest BCUT2D eigenvalue weighted by Gasteiger charge is -2.33. The molecule has 138 valence electrons. The normalized spacial score (nSPS) is 18.5. The molecule has 0 bridgehead atoms. The van der Waals surface area contributed by atoms with Gasteiger partial charge < -0.3 is 15.0 Å². The number of amides is 2. The Morgan fingerprint density at radius 2 is 2.12 bits per heavy atom. The number of likely N-dealkylation sites (tertiary alicyclic amines) is 1. The van der Waals surface area contributed by atoms with Gasteiger partial charge >= 0.3 is 0 Å². The minimum absolute atomic E-state index is 0.0358. The number of thioether (sulfide) groups is 1. The van der Waals surface area contributed by atoms with Crippen molar-refractivity contribution in [3.63, 3.8) is 0 Å². The van der Waals surface area contributed by atoms with Crippen molar-refractivity contribution in [2.24, 2.45) is 5.92 Å². The van der Waals surface area contributed by atoms with Crippen LogP contribution in [-0.2, 0) is 9.59 Å². The lowest BCUT2D eigenvalue weighted by molar-refractivity contribution is -0.138. The minimum atomic E-state index is -0.468. The second-order valence-electron chi connectivity index (χ2n) is 6.53. The number of benzene rings is 1. The fourth-order valence-electron chi connectivity index (χ4n) is 3.00. The first-order valence-corrected chi connectivity index (χ1v) is 10.2. The SMILES string of the molecule is CSCC[C@@H](NC(=O)COc1ccccc1)C(=O)N1CCC[C@@H](C)C1. The highest BCUT2D eigenvalue weighted by atomic mass is 32.2. The van der Waals surface area contributed by atoms with Gasteiger partial charge in [0.15, 0.2) is 6.61 Å². The van der Waals surface area contributed by atoms with Gasteiger partial charge in [-0.15, -0.1) is 0 Å². The number of rotatable bonds is 8. The molecule has 0 aliphatic carbocycles. The Morgan fingerprint density at radius 3 is 2.80 bits per heavy atom. The molecular formula is C19H28N2O3S. The molecule has 1 aliphatic heterocycles. The highest BCUT2D eigenvalue weighted by Gasteiger charge is 2.28. The van der Waals surface area contributed by atoms with Gasteiger partial charge in [0.1, 0.15) is 11.8 Å². The van der Waals surface area contributed by atoms with Crippen molar-refractivity contribution >= 4 is 23.6 Å². The third-order valence-electron chi connectivity index (χ3n) is 4.33. The summed E-state index contributed by atoms with van der Waals surface area (Å²) in [5.41, 5.74) is 0. The van der Waals surface area contributed by atoms with E-state index in [-0.39, 0.29) is 18.4 Å². The van der Waals surface area contributed by atoms with Crippen LogP contribution in [0.2, 0.25) is 0 Å². The van der Waals surface area contributed by atoms with E-state index in [1.165, 1.54) is 0 Å². The molecule has 1 aliphatic rings. The molecule has 6 heteroatoms. The van der Waals surface area contributed by atoms with Crippen molar-refractivity contribution in [2.75, 3.05) is 31.7 Å². The van der Waals surface area contributed by atoms with Crippen molar-refractivity contribution in [1.82, 2.24) is 10.2 Å². The summed E-state index contributed by atoms with van der Waals surface area (Å²) in [5.74, 6) is 1.78. The van der Waals surface area contributed by atoms with Crippen molar-refractivity contribution in [3.8, 4) is 5.75 Å². The van der Waals surface area contributed by atoms with Gasteiger partial charge in [0.25, 0.3) is 5.91 Å². The van der Waals surface area contributed by atoms with E-state index in [2.05, 4.69) is 12.2 Å². The maximum absolute atomic E-state index is 12.8. The molecule has 2 amide bonds. The maximum Gasteiger partial charge on any atom is 0.258 e. The summed E-state index contributed by atoms with van der Waals surface area (Å²) in [4.78, 5) is 26.9. The number of carbonyl (C=O) groups is 2. The van der Waals surface area contributed by atoms with Gasteiger partial charge in [0, 0.05) is 13.1 Å². The van der Waals surface area contributed by atoms with E-state index in [0.717, 1.165) is 31.7 Å². The molecule has 25 heavy (non-hydrogen) atoms. The summed E-state index contributed by atoms with van der Waals surface area (Å²) in [6.45, 7) is 3.66. The van der Waals surface area contributed by atoms with Gasteiger partial charge in [0.05, 0.1) is 0 Å². The van der Waals surface area contributed by atoms with E-state index < -0.39 is 6.04 Å². The standard InChI is InChI=1S/C19H28N2O3S/c1-15-7-6-11-21(13-15)19(23)17(10-12-25-2)20-18(22)14-24-16-8-4-3-5-9-16/h3-5,8-9,15,17H,6-7,10-14H2,1-2H3,(H,20,22)/t15-,17-/m1/s1. The van der Waals surface area contributed by atoms with Gasteiger partial charge in [-0.2, -0.15) is 11.8 Å². The molecule has 0 spiro atoms. The molecule has 0 aromatic heterocycles. The molecule has 1 aromatic carbocycles. The molecular weight excluding hydrogens is 336 g/mol. The lowest BCUT2D eigenvalue weighted by Crippen LogP contribution is -2.52. The third-order valence-corrected chi connectivity index (χ3v) is 4.97. The number of piperidine rings is 1. The molecule has 0 saturated carbocycles. The Balaban J connectivity index is 1.89. The van der Waals surface area contributed by atoms with E-state index in [0.29, 0.717) is 18.1 Å². The van der Waals surface area contributed by atoms with Crippen LogP contribution in [-0.4, -0.2) is 54.5 Å². The summed E-state index contributed by atoms with van der Waals surface area (Å²) in [7, 11) is 0. The van der Waals surface area contributed by atoms with Crippen LogP contribution in [0.25, 0.3) is 0 Å². The lowest BCUT2D eigenvalue weighted by atomic mass is 9.99. The highest BCUT2D eigenvalue weighted by Crippen LogP contribution is 2.17. The van der Waals surface area contributed by atoms with Crippen LogP contribution in [0.15, 0.2) is 30.3 Å². The highest BCUT2D eigenvalue weighted by molar-refractivity contribution is 7.98. The molecule has 1 saturated heterocycles. The zero-order valence-electron chi connectivity index (χ0n) is 15.1. The average Bonchev–Trinajstić information content (AvgIpc) is 2.63. The van der Waals surface area contributed by atoms with Crippen LogP contribution in [0.3, 0.4) is 0 Å². The molecule has 5 nitrogen and oxygen atoms in total. The summed E-state index contributed by atoms with van der Waals surface area (Å²) < 4.78 is 5.47. The van der Waals surface area contributed by atoms with E-state index in [1.807, 2.05) is 29.4 Å². The number of hydrogen-bond acceptors (Lipinski definition) is 4. The summed E-state index contributed by atoms with van der Waals surface area (Å²) >= 11 is 1.68. The van der Waals surface area contributed by atoms with Crippen molar-refractivity contribution in [1.29, 1.82) is 0 Å². The second-order valence-corrected chi connectivity index (χ2v) is 7.52. The molecule has 2 atom stereocenters. The molecule has 1 heterocycles. The number of nitrogens with zero attached hydrogens (tertiary/aromatic N) is 1. The molecule has 1 aromatic rings. The topological polar surface area (TPSA) is 58.6 Å². The Labute approximate surface area is 154 Å². The first-order chi connectivity index (χ1) is 12.1. The summed E-state index contributed by atoms with van der Waals surface area (Å²) in [5, 5.41) is 2.87. The van der Waals surface area contributed by atoms with E-state index in [4.69, 9.17) is 4.74 Å². The number of nitrogens with one attached hydrogen (secondary N) is 1. The third kappa shape index (κ3) is 6.61. The predicted molar refractivity (Wildman–Crippen MR) is 102 cm³/mol. The Kier molecular flexibility index (Phi) is 8.12. The number of carbonyl (C=O) groups excluding carboxylic acids is 2. The monoisotopic (exact) mass is 364 g/mol. The zero-order valence-corrected chi connectivity index (χ0v) is 15.9. The molecule has 0 radical (unpaired) electrons. The van der Waals surface area contributed by atoms with Crippen LogP contribution >= 0.6 is 11.8 Å². The molecule has 2 rings (SSSR count). The smallest absolute Gasteiger partial charge is 0.258 e. The van der Waals surface area contributed by atoms with Gasteiger partial charge in [0.2, 0.25) is 5.91 Å². The van der Waals surface area contributed by atoms with Crippen LogP contribution < -0.4 is 10.1 Å². The van der Waals surface area contributed by atoms with Crippen molar-refractivity contribution < 1.29 is 14.3 Å². The van der Waals surface area contributed by atoms with Crippen LogP contribution in [0, 0.1) is 5.92 Å². The van der Waals surface area contributed by atoms with Crippen LogP contribution in [0.4, 0.5) is 0 Å². The van der Waals surface area contributed by atoms with E-state index in [9.17, 15) is 9.59 Å². The van der Waals surface area contributed by atoms with Gasteiger partial charge in [-0.3, -0.25) is 9.59 Å². The molecule has 1 N–H and O–H groups in total. The maximum atomic E-state index is 12.8. The average molecular weight is 365 g/mol. The molecule has 1 fully saturated rings. The van der Waals surface area contributed by atoms with Crippen LogP contribution in [0.1, 0.15) is 26.2 Å². The van der Waals surface area contributed by atoms with Crippen molar-refractivity contribution in [2.45, 2.75) is 32.2 Å². The second kappa shape index (κ2) is 10.3. The van der Waals surface area contributed by atoms with Crippen LogP contribution in [0.5, 0.6) is 5.75 Å². The Hall–Kier alpha value is -1.69. The summed E-state index contributed by atoms with van der Waals surface area (Å²) in [6, 6.07) is 8.75. The first-order valence-electron chi connectivity index (χ1n) is 8.85. The zero-order chi connectivity index (χ0) is 18.1. The number of para-hydroxylation sites is 1. The van der Waals surface area contributed by atoms with Gasteiger partial charge in [-0.25, -0.2) is 0 Å². The first kappa shape index (κ1) is 19.6. The number of ether oxygens (including phenoxy) is 1. The fraction of sp³-hybridized carbons (Fsp3) is 0.579. The quantitative estimate of drug-likeness (QED) is 0.770. The van der Waals surface area contributed by atoms with E-state index >= 15 is 0 Å². The predicted octanol–water partition coefficient (Wildman–Crippen LogP) is 2.56. The van der Waals surface area contributed by atoms with Crippen molar-refractivity contribution in [3.05, 3.63) is 30.3 Å². The fourth-order valence-corrected chi connectivity index (χ4v) is 3.48. The minimum Gasteiger partial charge on any atom is -0.484 e. The Morgan fingerprint density at radius 1 is 1.36 bits per heavy atom.